The molecule has 0 aliphatic carbocycles. The quantitative estimate of drug-likeness (QED) is 0.0222. The van der Waals surface area contributed by atoms with Crippen LogP contribution >= 0.6 is 15.6 Å². The molecule has 0 aromatic rings. The zero-order valence-electron chi connectivity index (χ0n) is 68.5. The number of hydrogen-bond acceptors (Lipinski definition) is 15. The number of esters is 4. The molecule has 0 saturated carbocycles. The molecule has 0 aromatic carbocycles. The van der Waals surface area contributed by atoms with Crippen molar-refractivity contribution in [2.45, 2.75) is 465 Å². The molecule has 0 heterocycles. The van der Waals surface area contributed by atoms with Crippen molar-refractivity contribution in [1.82, 2.24) is 0 Å². The highest BCUT2D eigenvalue weighted by molar-refractivity contribution is 7.47. The van der Waals surface area contributed by atoms with Gasteiger partial charge in [0.05, 0.1) is 26.4 Å². The molecule has 0 aliphatic heterocycles. The first kappa shape index (κ1) is 102. The van der Waals surface area contributed by atoms with Crippen LogP contribution < -0.4 is 0 Å². The van der Waals surface area contributed by atoms with E-state index in [9.17, 15) is 43.2 Å². The number of carbonyl (C=O) groups excluding carboxylic acids is 4. The summed E-state index contributed by atoms with van der Waals surface area (Å²) in [5, 5.41) is 10.6. The van der Waals surface area contributed by atoms with E-state index >= 15 is 0 Å². The summed E-state index contributed by atoms with van der Waals surface area (Å²) in [5.41, 5.74) is 0. The Morgan fingerprint density at radius 3 is 0.683 bits per heavy atom. The number of aliphatic hydroxyl groups is 1. The zero-order valence-corrected chi connectivity index (χ0v) is 70.3. The molecule has 17 nitrogen and oxygen atoms in total. The minimum atomic E-state index is -4.96. The normalized spacial score (nSPS) is 14.7. The van der Waals surface area contributed by atoms with E-state index in [-0.39, 0.29) is 25.7 Å². The molecular formula is C85H166O17P2. The first-order chi connectivity index (χ1) is 50.3. The first-order valence-electron chi connectivity index (χ1n) is 44.0. The number of phosphoric acid groups is 2. The summed E-state index contributed by atoms with van der Waals surface area (Å²) in [6.07, 6.45) is 65.4. The van der Waals surface area contributed by atoms with Crippen molar-refractivity contribution in [3.8, 4) is 0 Å². The molecule has 0 rings (SSSR count). The highest BCUT2D eigenvalue weighted by atomic mass is 31.2. The molecule has 0 bridgehead atoms. The van der Waals surface area contributed by atoms with Gasteiger partial charge in [-0.25, -0.2) is 9.13 Å². The molecule has 3 N–H and O–H groups in total. The standard InChI is InChI=1S/C85H166O17P2/c1-8-12-13-14-15-45-52-59-66-82(87)95-72-80(102-85(90)69-62-55-48-41-40-44-51-58-65-78(7)11-4)74-99-103(91,92)97-70-79(86)71-98-104(93,94)100-75-81(101-84(89)68-61-54-47-39-35-31-27-23-19-17-21-25-29-33-37-43-50-57-64-77(6)10-3)73-96-83(88)67-60-53-46-38-34-30-26-22-18-16-20-24-28-32-36-42-49-56-63-76(5)9-2/h76-81,86H,8-75H2,1-7H3,(H,91,92)(H,93,94)/t76?,77?,78?,79-,80+,81+/m0/s1. The van der Waals surface area contributed by atoms with Crippen LogP contribution in [0.2, 0.25) is 0 Å². The number of ether oxygens (including phenoxy) is 4. The smallest absolute Gasteiger partial charge is 0.462 e. The van der Waals surface area contributed by atoms with Crippen molar-refractivity contribution < 1.29 is 80.2 Å². The van der Waals surface area contributed by atoms with Crippen molar-refractivity contribution >= 4 is 39.5 Å². The van der Waals surface area contributed by atoms with Gasteiger partial charge in [0.1, 0.15) is 19.3 Å². The van der Waals surface area contributed by atoms with Crippen LogP contribution in [0, 0.1) is 17.8 Å². The highest BCUT2D eigenvalue weighted by Crippen LogP contribution is 2.45. The fourth-order valence-electron chi connectivity index (χ4n) is 13.1. The third-order valence-electron chi connectivity index (χ3n) is 21.0. The van der Waals surface area contributed by atoms with Crippen molar-refractivity contribution in [3.05, 3.63) is 0 Å². The molecule has 0 saturated heterocycles. The second-order valence-corrected chi connectivity index (χ2v) is 34.2. The topological polar surface area (TPSA) is 237 Å². The lowest BCUT2D eigenvalue weighted by Gasteiger charge is -2.21. The fourth-order valence-corrected chi connectivity index (χ4v) is 14.7. The molecule has 0 radical (unpaired) electrons. The van der Waals surface area contributed by atoms with Crippen molar-refractivity contribution in [1.29, 1.82) is 0 Å². The number of unbranched alkanes of at least 4 members (excludes halogenated alkanes) is 48. The van der Waals surface area contributed by atoms with E-state index in [4.69, 9.17) is 37.0 Å². The SMILES string of the molecule is CCCCCCCCCCC(=O)OC[C@H](COP(=O)(O)OC[C@H](O)COP(=O)(O)OC[C@@H](COC(=O)CCCCCCCCCCCCCCCCCCCCC(C)CC)OC(=O)CCCCCCCCCCCCCCCCCCCCC(C)CC)OC(=O)CCCCCCCCCCC(C)CC. The molecule has 0 aromatic heterocycles. The van der Waals surface area contributed by atoms with Gasteiger partial charge in [-0.1, -0.05) is 395 Å². The maximum atomic E-state index is 13.1. The van der Waals surface area contributed by atoms with Crippen LogP contribution in [0.3, 0.4) is 0 Å². The number of phosphoric ester groups is 2. The maximum Gasteiger partial charge on any atom is 0.472 e. The predicted molar refractivity (Wildman–Crippen MR) is 428 cm³/mol. The molecule has 19 heteroatoms. The predicted octanol–water partition coefficient (Wildman–Crippen LogP) is 25.7. The second-order valence-electron chi connectivity index (χ2n) is 31.3. The van der Waals surface area contributed by atoms with E-state index in [1.807, 2.05) is 0 Å². The van der Waals surface area contributed by atoms with E-state index in [2.05, 4.69) is 48.5 Å². The summed E-state index contributed by atoms with van der Waals surface area (Å²) >= 11 is 0. The van der Waals surface area contributed by atoms with Gasteiger partial charge in [0.25, 0.3) is 0 Å². The Balaban J connectivity index is 5.16. The van der Waals surface area contributed by atoms with Crippen molar-refractivity contribution in [3.63, 3.8) is 0 Å². The van der Waals surface area contributed by atoms with E-state index in [1.165, 1.54) is 250 Å². The molecule has 0 fully saturated rings. The second kappa shape index (κ2) is 75.1. The molecule has 0 aliphatic rings. The van der Waals surface area contributed by atoms with Crippen LogP contribution in [0.4, 0.5) is 0 Å². The van der Waals surface area contributed by atoms with Crippen LogP contribution in [0.15, 0.2) is 0 Å². The Morgan fingerprint density at radius 1 is 0.269 bits per heavy atom. The van der Waals surface area contributed by atoms with Gasteiger partial charge in [-0.3, -0.25) is 37.3 Å². The molecule has 0 amide bonds. The Labute approximate surface area is 638 Å². The van der Waals surface area contributed by atoms with Gasteiger partial charge in [-0.15, -0.1) is 0 Å². The lowest BCUT2D eigenvalue weighted by atomic mass is 9.99. The Hall–Kier alpha value is -1.94. The first-order valence-corrected chi connectivity index (χ1v) is 47.0. The van der Waals surface area contributed by atoms with Gasteiger partial charge in [-0.05, 0) is 43.4 Å². The highest BCUT2D eigenvalue weighted by Gasteiger charge is 2.30. The third-order valence-corrected chi connectivity index (χ3v) is 22.9. The van der Waals surface area contributed by atoms with E-state index in [0.29, 0.717) is 25.7 Å². The summed E-state index contributed by atoms with van der Waals surface area (Å²) in [7, 11) is -9.92. The van der Waals surface area contributed by atoms with Gasteiger partial charge >= 0.3 is 39.5 Å². The largest absolute Gasteiger partial charge is 0.472 e. The van der Waals surface area contributed by atoms with Gasteiger partial charge in [0.2, 0.25) is 0 Å². The maximum absolute atomic E-state index is 13.1. The summed E-state index contributed by atoms with van der Waals surface area (Å²) in [4.78, 5) is 73.0. The van der Waals surface area contributed by atoms with E-state index < -0.39 is 97.5 Å². The van der Waals surface area contributed by atoms with Crippen molar-refractivity contribution in [2.24, 2.45) is 17.8 Å². The van der Waals surface area contributed by atoms with Gasteiger partial charge in [-0.2, -0.15) is 0 Å². The lowest BCUT2D eigenvalue weighted by Crippen LogP contribution is -2.30. The summed E-state index contributed by atoms with van der Waals surface area (Å²) in [5.74, 6) is 0.403. The molecule has 5 unspecified atom stereocenters. The fraction of sp³-hybridized carbons (Fsp3) is 0.953. The Bertz CT molecular complexity index is 2010. The van der Waals surface area contributed by atoms with Crippen LogP contribution in [-0.2, 0) is 65.4 Å². The zero-order chi connectivity index (χ0) is 76.5. The van der Waals surface area contributed by atoms with Gasteiger partial charge < -0.3 is 33.8 Å². The summed E-state index contributed by atoms with van der Waals surface area (Å²) < 4.78 is 68.7. The van der Waals surface area contributed by atoms with Crippen LogP contribution in [-0.4, -0.2) is 96.7 Å². The van der Waals surface area contributed by atoms with Crippen LogP contribution in [0.5, 0.6) is 0 Å². The summed E-state index contributed by atoms with van der Waals surface area (Å²) in [6, 6.07) is 0. The molecule has 104 heavy (non-hydrogen) atoms. The third kappa shape index (κ3) is 74.2. The Morgan fingerprint density at radius 2 is 0.462 bits per heavy atom. The molecular weight excluding hydrogens is 1350 g/mol. The number of rotatable bonds is 83. The number of carbonyl (C=O) groups is 4. The van der Waals surface area contributed by atoms with Crippen LogP contribution in [0.25, 0.3) is 0 Å². The molecule has 8 atom stereocenters. The Kier molecular flexibility index (Phi) is 73.7. The van der Waals surface area contributed by atoms with Gasteiger partial charge in [0.15, 0.2) is 12.2 Å². The number of aliphatic hydroxyl groups excluding tert-OH is 1. The average molecular weight is 1520 g/mol. The lowest BCUT2D eigenvalue weighted by molar-refractivity contribution is -0.161. The summed E-state index contributed by atoms with van der Waals surface area (Å²) in [6.45, 7) is 12.1. The molecule has 0 spiro atoms. The molecule has 618 valence electrons. The van der Waals surface area contributed by atoms with Crippen molar-refractivity contribution in [2.75, 3.05) is 39.6 Å². The van der Waals surface area contributed by atoms with E-state index in [0.717, 1.165) is 114 Å². The average Bonchev–Trinajstić information content (AvgIpc) is 0.910. The van der Waals surface area contributed by atoms with E-state index in [1.54, 1.807) is 0 Å². The van der Waals surface area contributed by atoms with Gasteiger partial charge in [0, 0.05) is 25.7 Å². The minimum Gasteiger partial charge on any atom is -0.462 e. The van der Waals surface area contributed by atoms with Crippen LogP contribution in [0.1, 0.15) is 447 Å². The minimum absolute atomic E-state index is 0.105. The number of hydrogen-bond donors (Lipinski definition) is 3. The monoisotopic (exact) mass is 1520 g/mol.